The first-order chi connectivity index (χ1) is 9.72. The maximum atomic E-state index is 9.71. The SMILES string of the molecule is CC(O)C1CCCN(Cc2noc(-c3ccsc3)n2)C1. The number of aliphatic hydroxyl groups excluding tert-OH is 1. The van der Waals surface area contributed by atoms with Crippen LogP contribution in [0.3, 0.4) is 0 Å². The highest BCUT2D eigenvalue weighted by molar-refractivity contribution is 7.08. The van der Waals surface area contributed by atoms with Crippen LogP contribution in [-0.2, 0) is 6.54 Å². The second kappa shape index (κ2) is 6.03. The van der Waals surface area contributed by atoms with Crippen molar-refractivity contribution in [3.8, 4) is 11.5 Å². The second-order valence-electron chi connectivity index (χ2n) is 5.41. The third kappa shape index (κ3) is 3.08. The minimum Gasteiger partial charge on any atom is -0.393 e. The lowest BCUT2D eigenvalue weighted by Gasteiger charge is -2.33. The summed E-state index contributed by atoms with van der Waals surface area (Å²) in [6, 6.07) is 1.98. The highest BCUT2D eigenvalue weighted by Crippen LogP contribution is 2.23. The van der Waals surface area contributed by atoms with Gasteiger partial charge in [0.05, 0.1) is 18.2 Å². The Morgan fingerprint density at radius 2 is 2.50 bits per heavy atom. The molecule has 5 nitrogen and oxygen atoms in total. The maximum absolute atomic E-state index is 9.71. The molecule has 108 valence electrons. The lowest BCUT2D eigenvalue weighted by atomic mass is 9.93. The number of likely N-dealkylation sites (tertiary alicyclic amines) is 1. The number of hydrogen-bond acceptors (Lipinski definition) is 6. The molecular formula is C14H19N3O2S. The van der Waals surface area contributed by atoms with Crippen molar-refractivity contribution in [2.75, 3.05) is 13.1 Å². The van der Waals surface area contributed by atoms with Crippen LogP contribution in [0.2, 0.25) is 0 Å². The summed E-state index contributed by atoms with van der Waals surface area (Å²) in [5.41, 5.74) is 0.981. The summed E-state index contributed by atoms with van der Waals surface area (Å²) >= 11 is 1.62. The van der Waals surface area contributed by atoms with Gasteiger partial charge in [-0.15, -0.1) is 0 Å². The van der Waals surface area contributed by atoms with Crippen molar-refractivity contribution in [2.24, 2.45) is 5.92 Å². The van der Waals surface area contributed by atoms with E-state index < -0.39 is 0 Å². The summed E-state index contributed by atoms with van der Waals surface area (Å²) in [7, 11) is 0. The van der Waals surface area contributed by atoms with Crippen molar-refractivity contribution in [2.45, 2.75) is 32.4 Å². The molecule has 1 aliphatic heterocycles. The molecule has 2 unspecified atom stereocenters. The lowest BCUT2D eigenvalue weighted by molar-refractivity contribution is 0.0586. The Hall–Kier alpha value is -1.24. The Morgan fingerprint density at radius 3 is 3.25 bits per heavy atom. The zero-order chi connectivity index (χ0) is 13.9. The predicted molar refractivity (Wildman–Crippen MR) is 77.3 cm³/mol. The predicted octanol–water partition coefficient (Wildman–Crippen LogP) is 2.39. The van der Waals surface area contributed by atoms with Crippen LogP contribution in [-0.4, -0.2) is 39.3 Å². The van der Waals surface area contributed by atoms with E-state index in [0.29, 0.717) is 18.4 Å². The molecule has 2 aromatic heterocycles. The van der Waals surface area contributed by atoms with Gasteiger partial charge in [-0.1, -0.05) is 5.16 Å². The standard InChI is InChI=1S/C14H19N3O2S/c1-10(18)11-3-2-5-17(7-11)8-13-15-14(19-16-13)12-4-6-20-9-12/h4,6,9-11,18H,2-3,5,7-8H2,1H3. The smallest absolute Gasteiger partial charge is 0.258 e. The van der Waals surface area contributed by atoms with E-state index >= 15 is 0 Å². The van der Waals surface area contributed by atoms with E-state index in [1.165, 1.54) is 0 Å². The number of nitrogens with zero attached hydrogens (tertiary/aromatic N) is 3. The molecule has 3 heterocycles. The van der Waals surface area contributed by atoms with E-state index in [-0.39, 0.29) is 6.10 Å². The first-order valence-corrected chi connectivity index (χ1v) is 7.92. The molecule has 0 aliphatic carbocycles. The average Bonchev–Trinajstić information content (AvgIpc) is 3.09. The second-order valence-corrected chi connectivity index (χ2v) is 6.19. The number of thiophene rings is 1. The summed E-state index contributed by atoms with van der Waals surface area (Å²) < 4.78 is 5.29. The van der Waals surface area contributed by atoms with Crippen LogP contribution in [0.15, 0.2) is 21.3 Å². The van der Waals surface area contributed by atoms with Gasteiger partial charge in [0.15, 0.2) is 5.82 Å². The minimum atomic E-state index is -0.246. The van der Waals surface area contributed by atoms with Gasteiger partial charge < -0.3 is 9.63 Å². The van der Waals surface area contributed by atoms with Gasteiger partial charge in [-0.2, -0.15) is 16.3 Å². The topological polar surface area (TPSA) is 62.4 Å². The molecule has 1 N–H and O–H groups in total. The summed E-state index contributed by atoms with van der Waals surface area (Å²) in [6.07, 6.45) is 1.97. The average molecular weight is 293 g/mol. The molecule has 0 radical (unpaired) electrons. The summed E-state index contributed by atoms with van der Waals surface area (Å²) in [5, 5.41) is 17.8. The number of aliphatic hydroxyl groups is 1. The Bertz CT molecular complexity index is 538. The highest BCUT2D eigenvalue weighted by atomic mass is 32.1. The number of rotatable bonds is 4. The summed E-state index contributed by atoms with van der Waals surface area (Å²) in [5.74, 6) is 1.66. The van der Waals surface area contributed by atoms with Crippen LogP contribution in [0.25, 0.3) is 11.5 Å². The molecule has 20 heavy (non-hydrogen) atoms. The van der Waals surface area contributed by atoms with Crippen molar-refractivity contribution in [3.63, 3.8) is 0 Å². The Morgan fingerprint density at radius 1 is 1.60 bits per heavy atom. The Balaban J connectivity index is 1.63. The van der Waals surface area contributed by atoms with Gasteiger partial charge in [0.1, 0.15) is 0 Å². The molecule has 1 saturated heterocycles. The van der Waals surface area contributed by atoms with Gasteiger partial charge in [0.2, 0.25) is 0 Å². The fraction of sp³-hybridized carbons (Fsp3) is 0.571. The molecule has 0 spiro atoms. The van der Waals surface area contributed by atoms with Gasteiger partial charge in [0.25, 0.3) is 5.89 Å². The van der Waals surface area contributed by atoms with Crippen molar-refractivity contribution in [1.82, 2.24) is 15.0 Å². The van der Waals surface area contributed by atoms with Crippen molar-refractivity contribution >= 4 is 11.3 Å². The van der Waals surface area contributed by atoms with Crippen LogP contribution >= 0.6 is 11.3 Å². The molecule has 0 saturated carbocycles. The highest BCUT2D eigenvalue weighted by Gasteiger charge is 2.24. The van der Waals surface area contributed by atoms with Crippen molar-refractivity contribution in [1.29, 1.82) is 0 Å². The van der Waals surface area contributed by atoms with Crippen LogP contribution in [0, 0.1) is 5.92 Å². The number of piperidine rings is 1. The number of hydrogen-bond donors (Lipinski definition) is 1. The normalized spacial score (nSPS) is 22.0. The lowest BCUT2D eigenvalue weighted by Crippen LogP contribution is -2.39. The van der Waals surface area contributed by atoms with Crippen LogP contribution in [0.5, 0.6) is 0 Å². The first-order valence-electron chi connectivity index (χ1n) is 6.98. The molecule has 6 heteroatoms. The molecule has 0 amide bonds. The van der Waals surface area contributed by atoms with E-state index in [2.05, 4.69) is 15.0 Å². The maximum Gasteiger partial charge on any atom is 0.258 e. The molecular weight excluding hydrogens is 274 g/mol. The van der Waals surface area contributed by atoms with E-state index in [9.17, 15) is 5.11 Å². The molecule has 0 aromatic carbocycles. The number of aromatic nitrogens is 2. The zero-order valence-corrected chi connectivity index (χ0v) is 12.3. The molecule has 2 atom stereocenters. The Labute approximate surface area is 122 Å². The van der Waals surface area contributed by atoms with Crippen molar-refractivity contribution < 1.29 is 9.63 Å². The molecule has 0 bridgehead atoms. The van der Waals surface area contributed by atoms with E-state index in [4.69, 9.17) is 4.52 Å². The van der Waals surface area contributed by atoms with E-state index in [0.717, 1.165) is 37.3 Å². The minimum absolute atomic E-state index is 0.246. The van der Waals surface area contributed by atoms with Gasteiger partial charge in [-0.3, -0.25) is 4.90 Å². The summed E-state index contributed by atoms with van der Waals surface area (Å²) in [6.45, 7) is 4.50. The largest absolute Gasteiger partial charge is 0.393 e. The zero-order valence-electron chi connectivity index (χ0n) is 11.5. The van der Waals surface area contributed by atoms with Gasteiger partial charge in [-0.05, 0) is 43.7 Å². The molecule has 1 aliphatic rings. The molecule has 3 rings (SSSR count). The van der Waals surface area contributed by atoms with Crippen molar-refractivity contribution in [3.05, 3.63) is 22.7 Å². The Kier molecular flexibility index (Phi) is 4.14. The molecule has 1 fully saturated rings. The van der Waals surface area contributed by atoms with Crippen LogP contribution in [0.1, 0.15) is 25.6 Å². The van der Waals surface area contributed by atoms with Gasteiger partial charge >= 0.3 is 0 Å². The van der Waals surface area contributed by atoms with Crippen LogP contribution in [0.4, 0.5) is 0 Å². The fourth-order valence-electron chi connectivity index (χ4n) is 2.65. The summed E-state index contributed by atoms with van der Waals surface area (Å²) in [4.78, 5) is 6.74. The fourth-order valence-corrected chi connectivity index (χ4v) is 3.28. The van der Waals surface area contributed by atoms with E-state index in [1.807, 2.05) is 23.8 Å². The monoisotopic (exact) mass is 293 g/mol. The van der Waals surface area contributed by atoms with Gasteiger partial charge in [-0.25, -0.2) is 0 Å². The van der Waals surface area contributed by atoms with Gasteiger partial charge in [0, 0.05) is 11.9 Å². The quantitative estimate of drug-likeness (QED) is 0.938. The molecule has 2 aromatic rings. The first kappa shape index (κ1) is 13.7. The van der Waals surface area contributed by atoms with E-state index in [1.54, 1.807) is 11.3 Å². The third-order valence-corrected chi connectivity index (χ3v) is 4.51. The third-order valence-electron chi connectivity index (χ3n) is 3.83. The van der Waals surface area contributed by atoms with Crippen LogP contribution < -0.4 is 0 Å².